The molecule has 1 saturated heterocycles. The predicted molar refractivity (Wildman–Crippen MR) is 126 cm³/mol. The van der Waals surface area contributed by atoms with Crippen LogP contribution in [0.3, 0.4) is 0 Å². The van der Waals surface area contributed by atoms with Crippen molar-refractivity contribution >= 4 is 26.8 Å². The van der Waals surface area contributed by atoms with Crippen LogP contribution in [0.1, 0.15) is 30.2 Å². The van der Waals surface area contributed by atoms with Crippen molar-refractivity contribution in [2.24, 2.45) is 5.92 Å². The molecule has 0 radical (unpaired) electrons. The molecule has 0 aliphatic carbocycles. The summed E-state index contributed by atoms with van der Waals surface area (Å²) in [5, 5.41) is 3.82. The number of benzene rings is 1. The number of fused-ring (bicyclic) bond motifs is 1. The maximum absolute atomic E-state index is 13.4. The number of piperidine rings is 1. The minimum Gasteiger partial charge on any atom is -0.468 e. The highest BCUT2D eigenvalue weighted by molar-refractivity contribution is 7.89. The molecule has 1 aliphatic heterocycles. The van der Waals surface area contributed by atoms with Crippen molar-refractivity contribution in [2.45, 2.75) is 30.7 Å². The number of carbonyl (C=O) groups is 1. The van der Waals surface area contributed by atoms with Crippen LogP contribution in [-0.2, 0) is 14.8 Å². The van der Waals surface area contributed by atoms with E-state index in [1.54, 1.807) is 24.6 Å². The van der Waals surface area contributed by atoms with Gasteiger partial charge in [-0.1, -0.05) is 12.1 Å². The number of sulfonamides is 1. The molecule has 2 aromatic heterocycles. The van der Waals surface area contributed by atoms with E-state index < -0.39 is 10.0 Å². The van der Waals surface area contributed by atoms with E-state index in [0.29, 0.717) is 38.0 Å². The predicted octanol–water partition coefficient (Wildman–Crippen LogP) is 2.96. The Hall–Kier alpha value is -2.75. The molecule has 33 heavy (non-hydrogen) atoms. The van der Waals surface area contributed by atoms with E-state index in [1.807, 2.05) is 50.2 Å². The molecule has 0 saturated carbocycles. The molecule has 176 valence electrons. The van der Waals surface area contributed by atoms with Gasteiger partial charge in [-0.15, -0.1) is 0 Å². The third-order valence-electron chi connectivity index (χ3n) is 6.22. The highest BCUT2D eigenvalue weighted by Gasteiger charge is 2.33. The molecular formula is C24H30N4O4S. The van der Waals surface area contributed by atoms with Gasteiger partial charge in [0, 0.05) is 37.1 Å². The molecule has 1 atom stereocenters. The van der Waals surface area contributed by atoms with Crippen LogP contribution in [0.2, 0.25) is 0 Å². The smallest absolute Gasteiger partial charge is 0.245 e. The fourth-order valence-electron chi connectivity index (χ4n) is 4.31. The highest BCUT2D eigenvalue weighted by Crippen LogP contribution is 2.28. The van der Waals surface area contributed by atoms with Gasteiger partial charge in [0.25, 0.3) is 0 Å². The average Bonchev–Trinajstić information content (AvgIpc) is 3.32. The van der Waals surface area contributed by atoms with Crippen molar-refractivity contribution < 1.29 is 17.6 Å². The number of pyridine rings is 1. The topological polar surface area (TPSA) is 95.8 Å². The summed E-state index contributed by atoms with van der Waals surface area (Å²) in [5.41, 5.74) is 1.46. The maximum Gasteiger partial charge on any atom is 0.245 e. The number of likely N-dealkylation sites (N-methyl/N-ethyl adjacent to an activating group) is 1. The Morgan fingerprint density at radius 1 is 1.24 bits per heavy atom. The number of para-hydroxylation sites is 1. The number of hydrogen-bond donors (Lipinski definition) is 1. The number of hydrogen-bond acceptors (Lipinski definition) is 6. The lowest BCUT2D eigenvalue weighted by Crippen LogP contribution is -2.44. The third kappa shape index (κ3) is 4.95. The summed E-state index contributed by atoms with van der Waals surface area (Å²) >= 11 is 0. The number of aryl methyl sites for hydroxylation is 1. The van der Waals surface area contributed by atoms with E-state index in [2.05, 4.69) is 10.3 Å². The van der Waals surface area contributed by atoms with Crippen molar-refractivity contribution in [2.75, 3.05) is 33.7 Å². The summed E-state index contributed by atoms with van der Waals surface area (Å²) in [7, 11) is 0.176. The second kappa shape index (κ2) is 9.62. The van der Waals surface area contributed by atoms with Gasteiger partial charge >= 0.3 is 0 Å². The molecule has 0 bridgehead atoms. The Labute approximate surface area is 194 Å². The highest BCUT2D eigenvalue weighted by atomic mass is 32.2. The molecule has 4 rings (SSSR count). The number of rotatable bonds is 7. The molecule has 0 spiro atoms. The van der Waals surface area contributed by atoms with E-state index in [1.165, 1.54) is 4.31 Å². The van der Waals surface area contributed by atoms with Crippen LogP contribution in [0.25, 0.3) is 10.9 Å². The van der Waals surface area contributed by atoms with Crippen molar-refractivity contribution in [1.82, 2.24) is 19.5 Å². The fourth-order valence-corrected chi connectivity index (χ4v) is 5.94. The summed E-state index contributed by atoms with van der Waals surface area (Å²) in [6.45, 7) is 2.97. The number of carbonyl (C=O) groups excluding carboxylic acids is 1. The van der Waals surface area contributed by atoms with Crippen LogP contribution < -0.4 is 5.32 Å². The quantitative estimate of drug-likeness (QED) is 0.570. The lowest BCUT2D eigenvalue weighted by atomic mass is 9.97. The minimum atomic E-state index is -3.70. The summed E-state index contributed by atoms with van der Waals surface area (Å²) in [6, 6.07) is 10.8. The van der Waals surface area contributed by atoms with E-state index in [4.69, 9.17) is 4.42 Å². The molecule has 1 N–H and O–H groups in total. The van der Waals surface area contributed by atoms with Gasteiger partial charge in [-0.05, 0) is 63.7 Å². The number of amides is 1. The molecule has 3 aromatic rings. The normalized spacial score (nSPS) is 16.8. The van der Waals surface area contributed by atoms with E-state index >= 15 is 0 Å². The van der Waals surface area contributed by atoms with Crippen LogP contribution >= 0.6 is 0 Å². The molecule has 1 aromatic carbocycles. The minimum absolute atomic E-state index is 0.0484. The Kier molecular flexibility index (Phi) is 6.83. The summed E-state index contributed by atoms with van der Waals surface area (Å²) in [5.74, 6) is 0.525. The fraction of sp³-hybridized carbons (Fsp3) is 0.417. The molecule has 1 fully saturated rings. The third-order valence-corrected chi connectivity index (χ3v) is 8.15. The zero-order valence-electron chi connectivity index (χ0n) is 19.2. The summed E-state index contributed by atoms with van der Waals surface area (Å²) in [6.07, 6.45) is 4.27. The van der Waals surface area contributed by atoms with E-state index in [0.717, 1.165) is 16.7 Å². The van der Waals surface area contributed by atoms with Gasteiger partial charge in [0.1, 0.15) is 10.7 Å². The second-order valence-electron chi connectivity index (χ2n) is 8.76. The van der Waals surface area contributed by atoms with Gasteiger partial charge < -0.3 is 9.73 Å². The van der Waals surface area contributed by atoms with Gasteiger partial charge in [0.2, 0.25) is 15.9 Å². The number of nitrogens with one attached hydrogen (secondary N) is 1. The standard InChI is InChI=1S/C24H30N4O4S/c1-17-14-19-6-4-8-22(23(19)25-15-17)33(30,31)28-11-9-18(10-12-28)24(29)26-16-20(27(2)3)21-7-5-13-32-21/h4-8,13-15,18,20H,9-12,16H2,1-3H3,(H,26,29)/t20-/m0/s1. The zero-order valence-corrected chi connectivity index (χ0v) is 20.0. The zero-order chi connectivity index (χ0) is 23.6. The Morgan fingerprint density at radius 3 is 2.67 bits per heavy atom. The lowest BCUT2D eigenvalue weighted by Gasteiger charge is -2.31. The van der Waals surface area contributed by atoms with Crippen molar-refractivity contribution in [1.29, 1.82) is 0 Å². The first-order chi connectivity index (χ1) is 15.8. The van der Waals surface area contributed by atoms with Crippen molar-refractivity contribution in [3.63, 3.8) is 0 Å². The Bertz CT molecular complexity index is 1220. The first-order valence-electron chi connectivity index (χ1n) is 11.1. The van der Waals surface area contributed by atoms with Crippen LogP contribution in [0.15, 0.2) is 58.2 Å². The van der Waals surface area contributed by atoms with Gasteiger partial charge in [-0.3, -0.25) is 14.7 Å². The van der Waals surface area contributed by atoms with Gasteiger partial charge in [0.05, 0.1) is 17.8 Å². The molecule has 3 heterocycles. The Morgan fingerprint density at radius 2 is 2.00 bits per heavy atom. The molecule has 8 nitrogen and oxygen atoms in total. The number of nitrogens with zero attached hydrogens (tertiary/aromatic N) is 3. The SMILES string of the molecule is Cc1cnc2c(S(=O)(=O)N3CCC(C(=O)NC[C@@H](c4ccco4)N(C)C)CC3)cccc2c1. The van der Waals surface area contributed by atoms with Crippen molar-refractivity contribution in [3.8, 4) is 0 Å². The lowest BCUT2D eigenvalue weighted by molar-refractivity contribution is -0.126. The average molecular weight is 471 g/mol. The molecule has 0 unspecified atom stereocenters. The van der Waals surface area contributed by atoms with Gasteiger partial charge in [0.15, 0.2) is 0 Å². The van der Waals surface area contributed by atoms with Crippen LogP contribution in [-0.4, -0.2) is 62.2 Å². The number of aromatic nitrogens is 1. The van der Waals surface area contributed by atoms with E-state index in [-0.39, 0.29) is 22.8 Å². The van der Waals surface area contributed by atoms with Crippen LogP contribution in [0.5, 0.6) is 0 Å². The largest absolute Gasteiger partial charge is 0.468 e. The van der Waals surface area contributed by atoms with Gasteiger partial charge in [-0.25, -0.2) is 8.42 Å². The maximum atomic E-state index is 13.4. The van der Waals surface area contributed by atoms with Gasteiger partial charge in [-0.2, -0.15) is 4.31 Å². The first-order valence-corrected chi connectivity index (χ1v) is 12.5. The summed E-state index contributed by atoms with van der Waals surface area (Å²) in [4.78, 5) is 19.4. The molecule has 9 heteroatoms. The molecule has 1 aliphatic rings. The van der Waals surface area contributed by atoms with Crippen LogP contribution in [0.4, 0.5) is 0 Å². The van der Waals surface area contributed by atoms with Crippen molar-refractivity contribution in [3.05, 3.63) is 60.2 Å². The molecule has 1 amide bonds. The first kappa shape index (κ1) is 23.4. The molecular weight excluding hydrogens is 440 g/mol. The summed E-state index contributed by atoms with van der Waals surface area (Å²) < 4.78 is 33.7. The number of furan rings is 1. The van der Waals surface area contributed by atoms with Crippen LogP contribution in [0, 0.1) is 12.8 Å². The second-order valence-corrected chi connectivity index (χ2v) is 10.7. The monoisotopic (exact) mass is 470 g/mol. The van der Waals surface area contributed by atoms with E-state index in [9.17, 15) is 13.2 Å². The Balaban J connectivity index is 1.40.